The molecule has 0 amide bonds. The van der Waals surface area contributed by atoms with Gasteiger partial charge in [0.05, 0.1) is 0 Å². The molecule has 1 N–H and O–H groups in total. The van der Waals surface area contributed by atoms with Crippen LogP contribution in [0.2, 0.25) is 0 Å². The molecule has 98 valence electrons. The zero-order valence-electron chi connectivity index (χ0n) is 11.3. The van der Waals surface area contributed by atoms with Gasteiger partial charge in [-0.05, 0) is 43.3 Å². The molecule has 2 fully saturated rings. The van der Waals surface area contributed by atoms with Crippen LogP contribution in [-0.4, -0.2) is 37.1 Å². The SMILES string of the molecule is CCC1C2CNCC2CN1CCc1ccccc1. The summed E-state index contributed by atoms with van der Waals surface area (Å²) in [4.78, 5) is 2.74. The van der Waals surface area contributed by atoms with Gasteiger partial charge in [-0.25, -0.2) is 0 Å². The van der Waals surface area contributed by atoms with E-state index in [-0.39, 0.29) is 0 Å². The quantitative estimate of drug-likeness (QED) is 0.873. The van der Waals surface area contributed by atoms with Gasteiger partial charge in [-0.2, -0.15) is 0 Å². The highest BCUT2D eigenvalue weighted by Gasteiger charge is 2.42. The first kappa shape index (κ1) is 12.2. The minimum absolute atomic E-state index is 0.814. The highest BCUT2D eigenvalue weighted by molar-refractivity contribution is 5.15. The van der Waals surface area contributed by atoms with E-state index in [2.05, 4.69) is 47.5 Å². The lowest BCUT2D eigenvalue weighted by atomic mass is 9.93. The number of likely N-dealkylation sites (tertiary alicyclic amines) is 1. The predicted molar refractivity (Wildman–Crippen MR) is 75.6 cm³/mol. The number of hydrogen-bond acceptors (Lipinski definition) is 2. The Labute approximate surface area is 110 Å². The van der Waals surface area contributed by atoms with Crippen molar-refractivity contribution in [3.8, 4) is 0 Å². The van der Waals surface area contributed by atoms with Crippen LogP contribution >= 0.6 is 0 Å². The van der Waals surface area contributed by atoms with Crippen molar-refractivity contribution in [2.75, 3.05) is 26.2 Å². The summed E-state index contributed by atoms with van der Waals surface area (Å²) < 4.78 is 0. The third-order valence-corrected chi connectivity index (χ3v) is 4.77. The molecule has 3 atom stereocenters. The molecule has 2 nitrogen and oxygen atoms in total. The van der Waals surface area contributed by atoms with E-state index in [1.54, 1.807) is 0 Å². The van der Waals surface area contributed by atoms with E-state index < -0.39 is 0 Å². The monoisotopic (exact) mass is 244 g/mol. The van der Waals surface area contributed by atoms with Crippen molar-refractivity contribution in [3.63, 3.8) is 0 Å². The zero-order chi connectivity index (χ0) is 12.4. The van der Waals surface area contributed by atoms with Crippen LogP contribution in [0.3, 0.4) is 0 Å². The summed E-state index contributed by atoms with van der Waals surface area (Å²) in [6.07, 6.45) is 2.50. The molecular formula is C16H24N2. The Kier molecular flexibility index (Phi) is 3.67. The molecule has 0 spiro atoms. The fourth-order valence-corrected chi connectivity index (χ4v) is 3.85. The molecule has 0 aliphatic carbocycles. The third kappa shape index (κ3) is 2.32. The maximum atomic E-state index is 3.56. The highest BCUT2D eigenvalue weighted by Crippen LogP contribution is 2.34. The van der Waals surface area contributed by atoms with Crippen molar-refractivity contribution in [2.45, 2.75) is 25.8 Å². The van der Waals surface area contributed by atoms with Crippen molar-refractivity contribution >= 4 is 0 Å². The summed E-state index contributed by atoms with van der Waals surface area (Å²) in [6, 6.07) is 11.7. The summed E-state index contributed by atoms with van der Waals surface area (Å²) in [7, 11) is 0. The molecule has 1 aromatic rings. The Bertz CT molecular complexity index is 376. The Morgan fingerprint density at radius 3 is 2.83 bits per heavy atom. The molecule has 3 rings (SSSR count). The van der Waals surface area contributed by atoms with Gasteiger partial charge >= 0.3 is 0 Å². The summed E-state index contributed by atoms with van der Waals surface area (Å²) in [6.45, 7) is 7.37. The van der Waals surface area contributed by atoms with E-state index in [1.807, 2.05) is 0 Å². The fourth-order valence-electron chi connectivity index (χ4n) is 3.85. The zero-order valence-corrected chi connectivity index (χ0v) is 11.3. The lowest BCUT2D eigenvalue weighted by Crippen LogP contribution is -2.36. The normalized spacial score (nSPS) is 31.7. The summed E-state index contributed by atoms with van der Waals surface area (Å²) in [5, 5.41) is 3.56. The summed E-state index contributed by atoms with van der Waals surface area (Å²) >= 11 is 0. The van der Waals surface area contributed by atoms with Gasteiger partial charge in [0.1, 0.15) is 0 Å². The molecule has 0 saturated carbocycles. The van der Waals surface area contributed by atoms with Gasteiger partial charge < -0.3 is 5.32 Å². The first-order chi connectivity index (χ1) is 8.88. The van der Waals surface area contributed by atoms with Crippen molar-refractivity contribution in [3.05, 3.63) is 35.9 Å². The minimum atomic E-state index is 0.814. The Balaban J connectivity index is 1.59. The lowest BCUT2D eigenvalue weighted by Gasteiger charge is -2.26. The van der Waals surface area contributed by atoms with Crippen LogP contribution in [0.4, 0.5) is 0 Å². The van der Waals surface area contributed by atoms with Crippen molar-refractivity contribution in [1.29, 1.82) is 0 Å². The van der Waals surface area contributed by atoms with Gasteiger partial charge in [-0.3, -0.25) is 4.90 Å². The molecular weight excluding hydrogens is 220 g/mol. The van der Waals surface area contributed by atoms with Crippen LogP contribution in [0.25, 0.3) is 0 Å². The van der Waals surface area contributed by atoms with Crippen LogP contribution in [0, 0.1) is 11.8 Å². The Morgan fingerprint density at radius 1 is 1.22 bits per heavy atom. The number of benzene rings is 1. The summed E-state index contributed by atoms with van der Waals surface area (Å²) in [5.74, 6) is 1.82. The van der Waals surface area contributed by atoms with Crippen LogP contribution in [0.5, 0.6) is 0 Å². The van der Waals surface area contributed by atoms with Gasteiger partial charge in [0.15, 0.2) is 0 Å². The number of nitrogens with zero attached hydrogens (tertiary/aromatic N) is 1. The molecule has 0 radical (unpaired) electrons. The molecule has 2 heteroatoms. The number of nitrogens with one attached hydrogen (secondary N) is 1. The molecule has 1 aromatic carbocycles. The van der Waals surface area contributed by atoms with Gasteiger partial charge in [0.2, 0.25) is 0 Å². The van der Waals surface area contributed by atoms with Gasteiger partial charge in [-0.15, -0.1) is 0 Å². The maximum Gasteiger partial charge on any atom is 0.0137 e. The van der Waals surface area contributed by atoms with E-state index in [4.69, 9.17) is 0 Å². The molecule has 18 heavy (non-hydrogen) atoms. The topological polar surface area (TPSA) is 15.3 Å². The average molecular weight is 244 g/mol. The molecule has 2 saturated heterocycles. The molecule has 3 unspecified atom stereocenters. The maximum absolute atomic E-state index is 3.56. The number of fused-ring (bicyclic) bond motifs is 1. The van der Waals surface area contributed by atoms with Crippen molar-refractivity contribution in [2.24, 2.45) is 11.8 Å². The van der Waals surface area contributed by atoms with Crippen LogP contribution in [0.15, 0.2) is 30.3 Å². The second-order valence-electron chi connectivity index (χ2n) is 5.79. The first-order valence-electron chi connectivity index (χ1n) is 7.37. The Morgan fingerprint density at radius 2 is 2.06 bits per heavy atom. The highest BCUT2D eigenvalue weighted by atomic mass is 15.2. The van der Waals surface area contributed by atoms with Gasteiger partial charge in [0, 0.05) is 19.1 Å². The average Bonchev–Trinajstić information content (AvgIpc) is 2.97. The first-order valence-corrected chi connectivity index (χ1v) is 7.37. The van der Waals surface area contributed by atoms with Crippen LogP contribution in [0.1, 0.15) is 18.9 Å². The Hall–Kier alpha value is -0.860. The van der Waals surface area contributed by atoms with Crippen LogP contribution in [-0.2, 0) is 6.42 Å². The van der Waals surface area contributed by atoms with Crippen molar-refractivity contribution < 1.29 is 0 Å². The van der Waals surface area contributed by atoms with E-state index in [0.29, 0.717) is 0 Å². The minimum Gasteiger partial charge on any atom is -0.316 e. The number of hydrogen-bond donors (Lipinski definition) is 1. The molecule has 2 aliphatic rings. The molecule has 2 aliphatic heterocycles. The van der Waals surface area contributed by atoms with E-state index in [9.17, 15) is 0 Å². The standard InChI is InChI=1S/C16H24N2/c1-2-16-15-11-17-10-14(15)12-18(16)9-8-13-6-4-3-5-7-13/h3-7,14-17H,2,8-12H2,1H3. The molecule has 0 bridgehead atoms. The predicted octanol–water partition coefficient (Wildman–Crippen LogP) is 2.16. The van der Waals surface area contributed by atoms with Crippen LogP contribution < -0.4 is 5.32 Å². The van der Waals surface area contributed by atoms with Gasteiger partial charge in [0.25, 0.3) is 0 Å². The lowest BCUT2D eigenvalue weighted by molar-refractivity contribution is 0.221. The number of rotatable bonds is 4. The second kappa shape index (κ2) is 5.41. The second-order valence-corrected chi connectivity index (χ2v) is 5.79. The van der Waals surface area contributed by atoms with E-state index >= 15 is 0 Å². The largest absolute Gasteiger partial charge is 0.316 e. The van der Waals surface area contributed by atoms with E-state index in [1.165, 1.54) is 44.6 Å². The molecule has 0 aromatic heterocycles. The fraction of sp³-hybridized carbons (Fsp3) is 0.625. The summed E-state index contributed by atoms with van der Waals surface area (Å²) in [5.41, 5.74) is 1.47. The van der Waals surface area contributed by atoms with E-state index in [0.717, 1.165) is 17.9 Å². The third-order valence-electron chi connectivity index (χ3n) is 4.77. The smallest absolute Gasteiger partial charge is 0.0137 e. The molecule has 2 heterocycles. The van der Waals surface area contributed by atoms with Gasteiger partial charge in [-0.1, -0.05) is 37.3 Å². The van der Waals surface area contributed by atoms with Crippen molar-refractivity contribution in [1.82, 2.24) is 10.2 Å².